The molecule has 4 aromatic rings. The Bertz CT molecular complexity index is 1180. The van der Waals surface area contributed by atoms with Gasteiger partial charge in [-0.25, -0.2) is 0 Å². The van der Waals surface area contributed by atoms with Crippen molar-refractivity contribution in [2.75, 3.05) is 14.2 Å². The number of benzene rings is 4. The zero-order chi connectivity index (χ0) is 27.2. The molecular formula is C31H32O6. The highest BCUT2D eigenvalue weighted by Crippen LogP contribution is 2.26. The van der Waals surface area contributed by atoms with E-state index in [2.05, 4.69) is 13.8 Å². The standard InChI is InChI=1S/2C14H12O3.C3H8/c2*1-17-11-7-8-12(13(15)9-11)14(16)10-5-3-2-4-6-10;1-3-2/h2*2-9,15H,1H3;3H2,1-2H3. The Balaban J connectivity index is 0.000000235. The number of methoxy groups -OCH3 is 2. The summed E-state index contributed by atoms with van der Waals surface area (Å²) in [4.78, 5) is 24.1. The zero-order valence-corrected chi connectivity index (χ0v) is 21.5. The number of ketones is 2. The molecule has 0 atom stereocenters. The van der Waals surface area contributed by atoms with Crippen LogP contribution >= 0.6 is 0 Å². The molecule has 192 valence electrons. The fourth-order valence-electron chi connectivity index (χ4n) is 3.15. The molecule has 0 unspecified atom stereocenters. The molecule has 0 spiro atoms. The highest BCUT2D eigenvalue weighted by molar-refractivity contribution is 6.11. The zero-order valence-electron chi connectivity index (χ0n) is 21.5. The molecule has 0 aliphatic heterocycles. The maximum absolute atomic E-state index is 12.1. The SMILES string of the molecule is CCC.COc1ccc(C(=O)c2ccccc2)c(O)c1.COc1ccc(C(=O)c2ccccc2)c(O)c1. The van der Waals surface area contributed by atoms with Crippen LogP contribution < -0.4 is 9.47 Å². The fourth-order valence-corrected chi connectivity index (χ4v) is 3.15. The number of phenolic OH excluding ortho intramolecular Hbond substituents is 2. The number of hydrogen-bond donors (Lipinski definition) is 2. The number of rotatable bonds is 6. The molecule has 2 N–H and O–H groups in total. The van der Waals surface area contributed by atoms with E-state index >= 15 is 0 Å². The summed E-state index contributed by atoms with van der Waals surface area (Å²) in [6, 6.07) is 26.9. The molecule has 6 nitrogen and oxygen atoms in total. The molecule has 0 amide bonds. The van der Waals surface area contributed by atoms with Crippen molar-refractivity contribution in [1.29, 1.82) is 0 Å². The van der Waals surface area contributed by atoms with E-state index in [4.69, 9.17) is 9.47 Å². The second kappa shape index (κ2) is 14.7. The van der Waals surface area contributed by atoms with E-state index in [-0.39, 0.29) is 34.2 Å². The molecule has 0 radical (unpaired) electrons. The topological polar surface area (TPSA) is 93.1 Å². The lowest BCUT2D eigenvalue weighted by atomic mass is 10.0. The van der Waals surface area contributed by atoms with Gasteiger partial charge in [0, 0.05) is 23.3 Å². The second-order valence-electron chi connectivity index (χ2n) is 7.86. The lowest BCUT2D eigenvalue weighted by molar-refractivity contribution is 0.102. The molecule has 6 heteroatoms. The summed E-state index contributed by atoms with van der Waals surface area (Å²) in [5.74, 6) is 0.493. The van der Waals surface area contributed by atoms with Crippen LogP contribution in [0.15, 0.2) is 97.1 Å². The fraction of sp³-hybridized carbons (Fsp3) is 0.161. The summed E-state index contributed by atoms with van der Waals surface area (Å²) < 4.78 is 9.93. The number of phenols is 2. The van der Waals surface area contributed by atoms with Crippen molar-refractivity contribution in [2.45, 2.75) is 20.3 Å². The van der Waals surface area contributed by atoms with E-state index in [1.54, 1.807) is 72.8 Å². The van der Waals surface area contributed by atoms with Gasteiger partial charge in [0.15, 0.2) is 11.6 Å². The van der Waals surface area contributed by atoms with Crippen LogP contribution in [-0.2, 0) is 0 Å². The average Bonchev–Trinajstić information content (AvgIpc) is 2.94. The van der Waals surface area contributed by atoms with Crippen molar-refractivity contribution in [3.8, 4) is 23.0 Å². The van der Waals surface area contributed by atoms with Crippen LogP contribution in [0.1, 0.15) is 52.1 Å². The third kappa shape index (κ3) is 8.25. The van der Waals surface area contributed by atoms with Gasteiger partial charge in [-0.05, 0) is 24.3 Å². The van der Waals surface area contributed by atoms with Gasteiger partial charge >= 0.3 is 0 Å². The van der Waals surface area contributed by atoms with E-state index < -0.39 is 0 Å². The first-order chi connectivity index (χ1) is 17.9. The Labute approximate surface area is 217 Å². The van der Waals surface area contributed by atoms with Gasteiger partial charge in [0.2, 0.25) is 0 Å². The van der Waals surface area contributed by atoms with Crippen LogP contribution in [0, 0.1) is 0 Å². The normalized spacial score (nSPS) is 9.62. The lowest BCUT2D eigenvalue weighted by Gasteiger charge is -2.06. The molecule has 0 heterocycles. The summed E-state index contributed by atoms with van der Waals surface area (Å²) in [5.41, 5.74) is 1.65. The predicted molar refractivity (Wildman–Crippen MR) is 145 cm³/mol. The summed E-state index contributed by atoms with van der Waals surface area (Å²) in [7, 11) is 3.01. The lowest BCUT2D eigenvalue weighted by Crippen LogP contribution is -2.01. The Kier molecular flexibility index (Phi) is 11.4. The van der Waals surface area contributed by atoms with E-state index in [1.165, 1.54) is 32.8 Å². The number of hydrogen-bond acceptors (Lipinski definition) is 6. The summed E-state index contributed by atoms with van der Waals surface area (Å²) >= 11 is 0. The Morgan fingerprint density at radius 1 is 0.595 bits per heavy atom. The number of aromatic hydroxyl groups is 2. The van der Waals surface area contributed by atoms with Crippen LogP contribution in [-0.4, -0.2) is 36.0 Å². The van der Waals surface area contributed by atoms with Crippen molar-refractivity contribution in [3.63, 3.8) is 0 Å². The van der Waals surface area contributed by atoms with Gasteiger partial charge in [0.05, 0.1) is 25.3 Å². The molecule has 0 fully saturated rings. The van der Waals surface area contributed by atoms with Gasteiger partial charge < -0.3 is 19.7 Å². The van der Waals surface area contributed by atoms with E-state index in [9.17, 15) is 19.8 Å². The van der Waals surface area contributed by atoms with Crippen molar-refractivity contribution in [1.82, 2.24) is 0 Å². The average molecular weight is 501 g/mol. The highest BCUT2D eigenvalue weighted by atomic mass is 16.5. The van der Waals surface area contributed by atoms with Crippen LogP contribution in [0.4, 0.5) is 0 Å². The first kappa shape index (κ1) is 28.7. The van der Waals surface area contributed by atoms with Crippen LogP contribution in [0.5, 0.6) is 23.0 Å². The first-order valence-corrected chi connectivity index (χ1v) is 11.8. The summed E-state index contributed by atoms with van der Waals surface area (Å²) in [6.45, 7) is 4.25. The molecule has 37 heavy (non-hydrogen) atoms. The third-order valence-corrected chi connectivity index (χ3v) is 4.97. The van der Waals surface area contributed by atoms with Crippen molar-refractivity contribution in [2.24, 2.45) is 0 Å². The van der Waals surface area contributed by atoms with Crippen molar-refractivity contribution >= 4 is 11.6 Å². The second-order valence-corrected chi connectivity index (χ2v) is 7.86. The van der Waals surface area contributed by atoms with Gasteiger partial charge in [-0.3, -0.25) is 9.59 Å². The molecule has 0 saturated heterocycles. The number of ether oxygens (including phenoxy) is 2. The maximum Gasteiger partial charge on any atom is 0.196 e. The minimum absolute atomic E-state index is 0.0711. The van der Waals surface area contributed by atoms with Gasteiger partial charge in [-0.15, -0.1) is 0 Å². The molecule has 0 bridgehead atoms. The molecule has 0 aliphatic carbocycles. The number of carbonyl (C=O) groups excluding carboxylic acids is 2. The monoisotopic (exact) mass is 500 g/mol. The van der Waals surface area contributed by atoms with Gasteiger partial charge in [0.1, 0.15) is 23.0 Å². The molecule has 0 aromatic heterocycles. The first-order valence-electron chi connectivity index (χ1n) is 11.8. The van der Waals surface area contributed by atoms with Gasteiger partial charge in [-0.2, -0.15) is 0 Å². The molecule has 0 saturated carbocycles. The van der Waals surface area contributed by atoms with Crippen molar-refractivity contribution in [3.05, 3.63) is 119 Å². The van der Waals surface area contributed by atoms with Crippen LogP contribution in [0.2, 0.25) is 0 Å². The Hall–Kier alpha value is -4.58. The van der Waals surface area contributed by atoms with E-state index in [1.807, 2.05) is 12.1 Å². The van der Waals surface area contributed by atoms with E-state index in [0.29, 0.717) is 22.6 Å². The van der Waals surface area contributed by atoms with E-state index in [0.717, 1.165) is 0 Å². The van der Waals surface area contributed by atoms with Crippen LogP contribution in [0.25, 0.3) is 0 Å². The smallest absolute Gasteiger partial charge is 0.196 e. The third-order valence-electron chi connectivity index (χ3n) is 4.97. The van der Waals surface area contributed by atoms with Crippen LogP contribution in [0.3, 0.4) is 0 Å². The number of carbonyl (C=O) groups is 2. The molecular weight excluding hydrogens is 468 g/mol. The summed E-state index contributed by atoms with van der Waals surface area (Å²) in [5, 5.41) is 19.5. The molecule has 4 aromatic carbocycles. The minimum Gasteiger partial charge on any atom is -0.507 e. The maximum atomic E-state index is 12.1. The Morgan fingerprint density at radius 3 is 1.19 bits per heavy atom. The molecule has 0 aliphatic rings. The highest BCUT2D eigenvalue weighted by Gasteiger charge is 2.14. The largest absolute Gasteiger partial charge is 0.507 e. The predicted octanol–water partition coefficient (Wildman–Crippen LogP) is 6.68. The quantitative estimate of drug-likeness (QED) is 0.287. The van der Waals surface area contributed by atoms with Gasteiger partial charge in [0.25, 0.3) is 0 Å². The molecule has 4 rings (SSSR count). The minimum atomic E-state index is -0.203. The van der Waals surface area contributed by atoms with Gasteiger partial charge in [-0.1, -0.05) is 80.9 Å². The Morgan fingerprint density at radius 2 is 0.919 bits per heavy atom. The summed E-state index contributed by atoms with van der Waals surface area (Å²) in [6.07, 6.45) is 1.25. The van der Waals surface area contributed by atoms with Crippen molar-refractivity contribution < 1.29 is 29.3 Å².